The highest BCUT2D eigenvalue weighted by atomic mass is 35.5. The normalized spacial score (nSPS) is 11.1. The highest BCUT2D eigenvalue weighted by Crippen LogP contribution is 2.12. The second-order valence-electron chi connectivity index (χ2n) is 3.91. The van der Waals surface area contributed by atoms with Gasteiger partial charge in [-0.2, -0.15) is 0 Å². The summed E-state index contributed by atoms with van der Waals surface area (Å²) in [4.78, 5) is 0. The summed E-state index contributed by atoms with van der Waals surface area (Å²) < 4.78 is 2.17. The molecule has 3 heteroatoms. The fourth-order valence-electron chi connectivity index (χ4n) is 1.53. The molecule has 0 bridgehead atoms. The number of rotatable bonds is 7. The molecule has 0 saturated carbocycles. The number of hydrogen-bond acceptors (Lipinski definition) is 1. The first-order valence-corrected chi connectivity index (χ1v) is 7.04. The maximum absolute atomic E-state index is 2.27. The first kappa shape index (κ1) is 16.5. The van der Waals surface area contributed by atoms with E-state index in [0.717, 1.165) is 5.75 Å². The van der Waals surface area contributed by atoms with Gasteiger partial charge in [-0.25, -0.2) is 0 Å². The van der Waals surface area contributed by atoms with Gasteiger partial charge in [-0.1, -0.05) is 37.5 Å². The molecule has 0 aliphatic heterocycles. The molecule has 0 radical (unpaired) electrons. The Morgan fingerprint density at radius 1 is 1.18 bits per heavy atom. The van der Waals surface area contributed by atoms with Gasteiger partial charge in [0.25, 0.3) is 0 Å². The van der Waals surface area contributed by atoms with Crippen LogP contribution < -0.4 is 16.4 Å². The van der Waals surface area contributed by atoms with Crippen LogP contribution in [-0.2, 0) is 0 Å². The van der Waals surface area contributed by atoms with E-state index in [-0.39, 0.29) is 12.4 Å². The lowest BCUT2D eigenvalue weighted by Gasteiger charge is -2.02. The Balaban J connectivity index is 0.00000256. The average Bonchev–Trinajstić information content (AvgIpc) is 2.35. The summed E-state index contributed by atoms with van der Waals surface area (Å²) in [6.45, 7) is 4.40. The van der Waals surface area contributed by atoms with Crippen molar-refractivity contribution in [2.45, 2.75) is 39.5 Å². The average molecular weight is 272 g/mol. The van der Waals surface area contributed by atoms with Crippen molar-refractivity contribution in [3.63, 3.8) is 0 Å². The summed E-state index contributed by atoms with van der Waals surface area (Å²) in [6, 6.07) is 6.19. The zero-order chi connectivity index (χ0) is 11.6. The van der Waals surface area contributed by atoms with Crippen LogP contribution in [0.3, 0.4) is 0 Å². The zero-order valence-electron chi connectivity index (χ0n) is 10.7. The topological polar surface area (TPSA) is 3.88 Å². The number of allylic oxidation sites excluding steroid dienone is 1. The molecular formula is C14H22ClNS. The van der Waals surface area contributed by atoms with E-state index >= 15 is 0 Å². The first-order valence-electron chi connectivity index (χ1n) is 6.10. The third kappa shape index (κ3) is 7.45. The van der Waals surface area contributed by atoms with Crippen LogP contribution in [-0.4, -0.2) is 5.75 Å². The van der Waals surface area contributed by atoms with Crippen LogP contribution in [0, 0.1) is 0 Å². The van der Waals surface area contributed by atoms with Crippen LogP contribution in [0.5, 0.6) is 0 Å². The molecule has 0 amide bonds. The molecule has 17 heavy (non-hydrogen) atoms. The number of hydrogen-bond donors (Lipinski definition) is 0. The Kier molecular flexibility index (Phi) is 10.4. The van der Waals surface area contributed by atoms with E-state index in [2.05, 4.69) is 54.5 Å². The first-order chi connectivity index (χ1) is 7.86. The highest BCUT2D eigenvalue weighted by molar-refractivity contribution is 7.93. The van der Waals surface area contributed by atoms with E-state index in [0.29, 0.717) is 0 Å². The Hall–Kier alpha value is -0.470. The number of pyridine rings is 1. The minimum atomic E-state index is 0. The second-order valence-corrected chi connectivity index (χ2v) is 4.88. The van der Waals surface area contributed by atoms with Gasteiger partial charge in [0.1, 0.15) is 0 Å². The molecule has 0 atom stereocenters. The van der Waals surface area contributed by atoms with E-state index in [1.54, 1.807) is 5.57 Å². The molecule has 0 saturated heterocycles. The van der Waals surface area contributed by atoms with Crippen molar-refractivity contribution in [1.29, 1.82) is 0 Å². The predicted molar refractivity (Wildman–Crippen MR) is 72.4 cm³/mol. The molecular weight excluding hydrogens is 250 g/mol. The Morgan fingerprint density at radius 2 is 1.88 bits per heavy atom. The van der Waals surface area contributed by atoms with Gasteiger partial charge < -0.3 is 12.4 Å². The molecule has 1 heterocycles. The maximum Gasteiger partial charge on any atom is 0.183 e. The van der Waals surface area contributed by atoms with Crippen LogP contribution in [0.25, 0.3) is 0 Å². The Morgan fingerprint density at radius 3 is 2.47 bits per heavy atom. The molecule has 1 rings (SSSR count). The number of nitrogens with zero attached hydrogens (tertiary/aromatic N) is 1. The van der Waals surface area contributed by atoms with E-state index in [9.17, 15) is 0 Å². The molecule has 96 valence electrons. The lowest BCUT2D eigenvalue weighted by molar-refractivity contribution is -0.494. The summed E-state index contributed by atoms with van der Waals surface area (Å²) in [5, 5.41) is 0. The van der Waals surface area contributed by atoms with Crippen molar-refractivity contribution in [2.75, 3.05) is 5.75 Å². The van der Waals surface area contributed by atoms with Gasteiger partial charge in [-0.05, 0) is 19.8 Å². The molecule has 1 aromatic rings. The molecule has 0 unspecified atom stereocenters. The maximum atomic E-state index is 2.27. The predicted octanol–water partition coefficient (Wildman–Crippen LogP) is 1.00. The van der Waals surface area contributed by atoms with Crippen molar-refractivity contribution in [2.24, 2.45) is 0 Å². The van der Waals surface area contributed by atoms with E-state index in [4.69, 9.17) is 0 Å². The van der Waals surface area contributed by atoms with Gasteiger partial charge in [-0.3, -0.25) is 0 Å². The fraction of sp³-hybridized carbons (Fsp3) is 0.500. The van der Waals surface area contributed by atoms with Crippen molar-refractivity contribution in [1.82, 2.24) is 0 Å². The SMILES string of the molecule is CC=C(CCCCC)CS[n+]1ccccc1.[Cl-]. The highest BCUT2D eigenvalue weighted by Gasteiger charge is 2.04. The van der Waals surface area contributed by atoms with E-state index < -0.39 is 0 Å². The molecule has 0 N–H and O–H groups in total. The van der Waals surface area contributed by atoms with Crippen molar-refractivity contribution in [3.05, 3.63) is 42.2 Å². The van der Waals surface area contributed by atoms with Gasteiger partial charge in [0.2, 0.25) is 0 Å². The molecule has 0 fully saturated rings. The van der Waals surface area contributed by atoms with Gasteiger partial charge in [0, 0.05) is 12.1 Å². The second kappa shape index (κ2) is 10.7. The van der Waals surface area contributed by atoms with Gasteiger partial charge in [0.15, 0.2) is 24.3 Å². The summed E-state index contributed by atoms with van der Waals surface area (Å²) in [7, 11) is 0. The van der Waals surface area contributed by atoms with Crippen LogP contribution in [0.15, 0.2) is 42.2 Å². The summed E-state index contributed by atoms with van der Waals surface area (Å²) >= 11 is 1.86. The standard InChI is InChI=1S/C14H22NS.ClH/c1-3-5-7-10-14(4-2)13-16-15-11-8-6-9-12-15;/h4,6,8-9,11-12H,3,5,7,10,13H2,1-2H3;1H/q+1;/p-1. The number of halogens is 1. The quantitative estimate of drug-likeness (QED) is 0.407. The molecule has 0 aliphatic rings. The summed E-state index contributed by atoms with van der Waals surface area (Å²) in [6.07, 6.45) is 11.7. The molecule has 0 aromatic carbocycles. The van der Waals surface area contributed by atoms with E-state index in [1.807, 2.05) is 11.9 Å². The smallest absolute Gasteiger partial charge is 0.183 e. The Labute approximate surface area is 116 Å². The lowest BCUT2D eigenvalue weighted by atomic mass is 10.1. The zero-order valence-corrected chi connectivity index (χ0v) is 12.3. The van der Waals surface area contributed by atoms with Crippen molar-refractivity contribution >= 4 is 11.9 Å². The third-order valence-corrected chi connectivity index (χ3v) is 3.64. The van der Waals surface area contributed by atoms with Crippen LogP contribution in [0.2, 0.25) is 0 Å². The van der Waals surface area contributed by atoms with Gasteiger partial charge in [-0.15, -0.1) is 3.97 Å². The molecule has 0 spiro atoms. The van der Waals surface area contributed by atoms with Crippen LogP contribution >= 0.6 is 11.9 Å². The largest absolute Gasteiger partial charge is 1.00 e. The summed E-state index contributed by atoms with van der Waals surface area (Å²) in [5.41, 5.74) is 1.56. The fourth-order valence-corrected chi connectivity index (χ4v) is 2.47. The van der Waals surface area contributed by atoms with Gasteiger partial charge >= 0.3 is 0 Å². The van der Waals surface area contributed by atoms with Crippen molar-refractivity contribution < 1.29 is 16.4 Å². The Bertz CT molecular complexity index is 311. The third-order valence-electron chi connectivity index (χ3n) is 2.60. The van der Waals surface area contributed by atoms with Crippen LogP contribution in [0.1, 0.15) is 39.5 Å². The molecule has 0 aliphatic carbocycles. The molecule has 1 aromatic heterocycles. The molecule has 1 nitrogen and oxygen atoms in total. The minimum absolute atomic E-state index is 0. The number of unbranched alkanes of at least 4 members (excludes halogenated alkanes) is 2. The minimum Gasteiger partial charge on any atom is -1.00 e. The van der Waals surface area contributed by atoms with E-state index in [1.165, 1.54) is 25.7 Å². The van der Waals surface area contributed by atoms with Gasteiger partial charge in [0.05, 0.1) is 5.75 Å². The van der Waals surface area contributed by atoms with Crippen molar-refractivity contribution in [3.8, 4) is 0 Å². The monoisotopic (exact) mass is 271 g/mol. The summed E-state index contributed by atoms with van der Waals surface area (Å²) in [5.74, 6) is 1.11. The van der Waals surface area contributed by atoms with Crippen LogP contribution in [0.4, 0.5) is 0 Å². The lowest BCUT2D eigenvalue weighted by Crippen LogP contribution is -3.00. The number of aromatic nitrogens is 1.